The summed E-state index contributed by atoms with van der Waals surface area (Å²) in [5.41, 5.74) is 6.03. The van der Waals surface area contributed by atoms with Gasteiger partial charge in [0.15, 0.2) is 0 Å². The van der Waals surface area contributed by atoms with Crippen LogP contribution in [0.2, 0.25) is 0 Å². The lowest BCUT2D eigenvalue weighted by Gasteiger charge is -2.24. The topological polar surface area (TPSA) is 55.1 Å². The van der Waals surface area contributed by atoms with Crippen LogP contribution >= 0.6 is 0 Å². The van der Waals surface area contributed by atoms with Gasteiger partial charge >= 0.3 is 5.97 Å². The summed E-state index contributed by atoms with van der Waals surface area (Å²) in [6.07, 6.45) is 13.3. The Morgan fingerprint density at radius 1 is 1.10 bits per heavy atom. The molecule has 1 aromatic carbocycles. The van der Waals surface area contributed by atoms with Gasteiger partial charge in [-0.15, -0.1) is 0 Å². The fourth-order valence-electron chi connectivity index (χ4n) is 5.04. The number of carboxylic acid groups (broad SMARTS) is 1. The monoisotopic (exact) mass is 388 g/mol. The van der Waals surface area contributed by atoms with Crippen LogP contribution in [0.3, 0.4) is 0 Å². The van der Waals surface area contributed by atoms with E-state index in [1.807, 2.05) is 12.3 Å². The van der Waals surface area contributed by atoms with E-state index in [0.717, 1.165) is 18.4 Å². The molecule has 4 nitrogen and oxygen atoms in total. The lowest BCUT2D eigenvalue weighted by atomic mass is 9.82. The maximum atomic E-state index is 11.9. The number of pyridine rings is 1. The number of fused-ring (bicyclic) bond motifs is 1. The molecule has 2 aliphatic rings. The molecular weight excluding hydrogens is 360 g/mol. The summed E-state index contributed by atoms with van der Waals surface area (Å²) in [5.74, 6) is 0.237. The van der Waals surface area contributed by atoms with E-state index in [9.17, 15) is 9.90 Å². The molecule has 0 aliphatic heterocycles. The van der Waals surface area contributed by atoms with Crippen molar-refractivity contribution in [2.75, 3.05) is 0 Å². The third kappa shape index (κ3) is 3.57. The molecule has 2 aromatic heterocycles. The van der Waals surface area contributed by atoms with Gasteiger partial charge in [-0.3, -0.25) is 4.98 Å². The first kappa shape index (κ1) is 18.4. The van der Waals surface area contributed by atoms with Crippen LogP contribution in [0.5, 0.6) is 0 Å². The number of aromatic nitrogens is 2. The number of aromatic carboxylic acids is 1. The number of aryl methyl sites for hydroxylation is 1. The number of carbonyl (C=O) groups is 1. The first-order valence-corrected chi connectivity index (χ1v) is 10.9. The van der Waals surface area contributed by atoms with Crippen LogP contribution < -0.4 is 0 Å². The van der Waals surface area contributed by atoms with Crippen molar-refractivity contribution >= 4 is 16.9 Å². The highest BCUT2D eigenvalue weighted by Gasteiger charge is 2.26. The van der Waals surface area contributed by atoms with Gasteiger partial charge in [-0.2, -0.15) is 0 Å². The summed E-state index contributed by atoms with van der Waals surface area (Å²) in [5, 5.41) is 11.0. The zero-order valence-electron chi connectivity index (χ0n) is 17.0. The predicted octanol–water partition coefficient (Wildman–Crippen LogP) is 5.79. The molecule has 0 saturated heterocycles. The molecule has 0 unspecified atom stereocenters. The van der Waals surface area contributed by atoms with E-state index < -0.39 is 5.97 Å². The SMILES string of the molecule is Cn1ccc2cc(Cc3ncc(C4CC4)cc3C(=O)O)cc(C3CCCCC3)c21. The second kappa shape index (κ2) is 7.33. The standard InChI is InChI=1S/C25H28N2O2/c1-27-10-9-19-11-16(12-21(24(19)27)18-5-3-2-4-6-18)13-23-22(25(28)29)14-20(15-26-23)17-7-8-17/h9-12,14-15,17-18H,2-8,13H2,1H3,(H,28,29). The average Bonchev–Trinajstić information content (AvgIpc) is 3.52. The zero-order chi connectivity index (χ0) is 20.0. The molecule has 0 bridgehead atoms. The zero-order valence-corrected chi connectivity index (χ0v) is 17.0. The molecule has 2 aliphatic carbocycles. The summed E-state index contributed by atoms with van der Waals surface area (Å²) in [4.78, 5) is 16.5. The van der Waals surface area contributed by atoms with E-state index >= 15 is 0 Å². The van der Waals surface area contributed by atoms with Crippen LogP contribution in [0.15, 0.2) is 36.7 Å². The molecular formula is C25H28N2O2. The highest BCUT2D eigenvalue weighted by molar-refractivity contribution is 5.89. The number of hydrogen-bond acceptors (Lipinski definition) is 2. The maximum Gasteiger partial charge on any atom is 0.337 e. The van der Waals surface area contributed by atoms with E-state index in [1.165, 1.54) is 54.1 Å². The molecule has 2 fully saturated rings. The molecule has 1 N–H and O–H groups in total. The Balaban J connectivity index is 1.55. The molecule has 0 atom stereocenters. The minimum Gasteiger partial charge on any atom is -0.478 e. The molecule has 0 spiro atoms. The van der Waals surface area contributed by atoms with Crippen LogP contribution in [0.25, 0.3) is 10.9 Å². The van der Waals surface area contributed by atoms with Crippen LogP contribution in [-0.2, 0) is 13.5 Å². The Morgan fingerprint density at radius 2 is 1.90 bits per heavy atom. The normalized spacial score (nSPS) is 17.7. The molecule has 2 saturated carbocycles. The minimum atomic E-state index is -0.872. The first-order chi connectivity index (χ1) is 14.1. The van der Waals surface area contributed by atoms with Crippen LogP contribution in [0.1, 0.15) is 89.5 Å². The summed E-state index contributed by atoms with van der Waals surface area (Å²) in [6, 6.07) is 8.56. The van der Waals surface area contributed by atoms with Crippen LogP contribution in [0, 0.1) is 0 Å². The van der Waals surface area contributed by atoms with Crippen molar-refractivity contribution in [2.45, 2.75) is 63.2 Å². The fourth-order valence-corrected chi connectivity index (χ4v) is 5.04. The average molecular weight is 389 g/mol. The largest absolute Gasteiger partial charge is 0.478 e. The third-order valence-electron chi connectivity index (χ3n) is 6.75. The summed E-state index contributed by atoms with van der Waals surface area (Å²) in [7, 11) is 2.12. The molecule has 5 rings (SSSR count). The summed E-state index contributed by atoms with van der Waals surface area (Å²) >= 11 is 0. The van der Waals surface area contributed by atoms with Gasteiger partial charge in [-0.25, -0.2) is 4.79 Å². The lowest BCUT2D eigenvalue weighted by molar-refractivity contribution is 0.0695. The number of rotatable bonds is 5. The summed E-state index contributed by atoms with van der Waals surface area (Å²) in [6.45, 7) is 0. The highest BCUT2D eigenvalue weighted by Crippen LogP contribution is 2.41. The van der Waals surface area contributed by atoms with Gasteiger partial charge in [0.05, 0.1) is 16.8 Å². The van der Waals surface area contributed by atoms with E-state index in [1.54, 1.807) is 0 Å². The van der Waals surface area contributed by atoms with Crippen molar-refractivity contribution in [2.24, 2.45) is 7.05 Å². The molecule has 2 heterocycles. The molecule has 0 radical (unpaired) electrons. The van der Waals surface area contributed by atoms with Crippen molar-refractivity contribution < 1.29 is 9.90 Å². The van der Waals surface area contributed by atoms with Gasteiger partial charge in [0.1, 0.15) is 0 Å². The molecule has 150 valence electrons. The number of benzene rings is 1. The van der Waals surface area contributed by atoms with Crippen molar-refractivity contribution in [3.05, 3.63) is 64.6 Å². The minimum absolute atomic E-state index is 0.363. The Labute approximate surface area is 171 Å². The maximum absolute atomic E-state index is 11.9. The highest BCUT2D eigenvalue weighted by atomic mass is 16.4. The van der Waals surface area contributed by atoms with Crippen molar-refractivity contribution in [3.63, 3.8) is 0 Å². The van der Waals surface area contributed by atoms with E-state index in [4.69, 9.17) is 0 Å². The Morgan fingerprint density at radius 3 is 2.62 bits per heavy atom. The van der Waals surface area contributed by atoms with Crippen LogP contribution in [0.4, 0.5) is 0 Å². The lowest BCUT2D eigenvalue weighted by Crippen LogP contribution is -2.09. The third-order valence-corrected chi connectivity index (χ3v) is 6.75. The first-order valence-electron chi connectivity index (χ1n) is 10.9. The van der Waals surface area contributed by atoms with Crippen LogP contribution in [-0.4, -0.2) is 20.6 Å². The summed E-state index contributed by atoms with van der Waals surface area (Å²) < 4.78 is 2.23. The second-order valence-corrected chi connectivity index (χ2v) is 8.90. The molecule has 3 aromatic rings. The van der Waals surface area contributed by atoms with Gasteiger partial charge < -0.3 is 9.67 Å². The predicted molar refractivity (Wildman–Crippen MR) is 115 cm³/mol. The Kier molecular flexibility index (Phi) is 4.65. The Bertz CT molecular complexity index is 1070. The quantitative estimate of drug-likeness (QED) is 0.602. The van der Waals surface area contributed by atoms with E-state index in [-0.39, 0.29) is 0 Å². The number of nitrogens with zero attached hydrogens (tertiary/aromatic N) is 2. The second-order valence-electron chi connectivity index (χ2n) is 8.90. The fraction of sp³-hybridized carbons (Fsp3) is 0.440. The van der Waals surface area contributed by atoms with Gasteiger partial charge in [0, 0.05) is 31.2 Å². The van der Waals surface area contributed by atoms with Gasteiger partial charge in [0.25, 0.3) is 0 Å². The van der Waals surface area contributed by atoms with E-state index in [0.29, 0.717) is 29.5 Å². The smallest absolute Gasteiger partial charge is 0.337 e. The Hall–Kier alpha value is -2.62. The number of hydrogen-bond donors (Lipinski definition) is 1. The van der Waals surface area contributed by atoms with Crippen molar-refractivity contribution in [1.82, 2.24) is 9.55 Å². The van der Waals surface area contributed by atoms with E-state index in [2.05, 4.69) is 41.0 Å². The molecule has 4 heteroatoms. The van der Waals surface area contributed by atoms with Gasteiger partial charge in [0.2, 0.25) is 0 Å². The molecule has 29 heavy (non-hydrogen) atoms. The van der Waals surface area contributed by atoms with Crippen molar-refractivity contribution in [1.29, 1.82) is 0 Å². The number of carboxylic acids is 1. The van der Waals surface area contributed by atoms with Gasteiger partial charge in [-0.05, 0) is 72.4 Å². The molecule has 0 amide bonds. The van der Waals surface area contributed by atoms with Crippen molar-refractivity contribution in [3.8, 4) is 0 Å². The van der Waals surface area contributed by atoms with Gasteiger partial charge in [-0.1, -0.05) is 25.3 Å².